The van der Waals surface area contributed by atoms with Gasteiger partial charge < -0.3 is 14.5 Å². The molecule has 5 nitrogen and oxygen atoms in total. The van der Waals surface area contributed by atoms with Gasteiger partial charge in [-0.15, -0.1) is 0 Å². The van der Waals surface area contributed by atoms with Gasteiger partial charge in [0.05, 0.1) is 6.54 Å². The third-order valence-electron chi connectivity index (χ3n) is 7.99. The molecule has 0 aromatic carbocycles. The first-order valence-corrected chi connectivity index (χ1v) is 17.6. The van der Waals surface area contributed by atoms with Crippen LogP contribution < -0.4 is 0 Å². The lowest BCUT2D eigenvalue weighted by molar-refractivity contribution is -0.146. The third-order valence-corrected chi connectivity index (χ3v) is 7.99. The van der Waals surface area contributed by atoms with Crippen LogP contribution in [0.5, 0.6) is 0 Å². The molecule has 40 heavy (non-hydrogen) atoms. The molecule has 0 heterocycles. The molecular formula is C35H70N2O3. The van der Waals surface area contributed by atoms with Gasteiger partial charge in [-0.05, 0) is 39.9 Å². The molecule has 0 rings (SSSR count). The number of ether oxygens (including phenoxy) is 1. The molecule has 0 saturated heterocycles. The number of nitrogens with zero attached hydrogens (tertiary/aromatic N) is 2. The van der Waals surface area contributed by atoms with Crippen LogP contribution in [0.3, 0.4) is 0 Å². The summed E-state index contributed by atoms with van der Waals surface area (Å²) < 4.78 is 5.51. The maximum absolute atomic E-state index is 12.9. The Balaban J connectivity index is 3.95. The van der Waals surface area contributed by atoms with Crippen molar-refractivity contribution in [2.45, 2.75) is 174 Å². The molecule has 0 fully saturated rings. The van der Waals surface area contributed by atoms with Gasteiger partial charge >= 0.3 is 5.97 Å². The van der Waals surface area contributed by atoms with E-state index in [1.54, 1.807) is 0 Å². The van der Waals surface area contributed by atoms with Crippen molar-refractivity contribution >= 4 is 11.9 Å². The number of carbonyl (C=O) groups excluding carboxylic acids is 2. The first-order chi connectivity index (χ1) is 19.5. The maximum atomic E-state index is 12.9. The van der Waals surface area contributed by atoms with E-state index in [0.29, 0.717) is 26.0 Å². The van der Waals surface area contributed by atoms with Gasteiger partial charge in [-0.25, -0.2) is 0 Å². The fraction of sp³-hybridized carbons (Fsp3) is 0.943. The fourth-order valence-corrected chi connectivity index (χ4v) is 5.31. The SMILES string of the molecule is CCCCCCCCCCCCCC(=O)OCCN(CCCN(C)C)C(=O)CCCCCCCCCCCCC. The Labute approximate surface area is 250 Å². The highest BCUT2D eigenvalue weighted by molar-refractivity contribution is 5.76. The molecule has 1 amide bonds. The van der Waals surface area contributed by atoms with Crippen molar-refractivity contribution in [3.8, 4) is 0 Å². The van der Waals surface area contributed by atoms with Crippen molar-refractivity contribution in [1.29, 1.82) is 0 Å². The first-order valence-electron chi connectivity index (χ1n) is 17.6. The van der Waals surface area contributed by atoms with Crippen molar-refractivity contribution in [2.75, 3.05) is 40.3 Å². The molecule has 0 saturated carbocycles. The van der Waals surface area contributed by atoms with E-state index in [4.69, 9.17) is 4.74 Å². The van der Waals surface area contributed by atoms with E-state index >= 15 is 0 Å². The summed E-state index contributed by atoms with van der Waals surface area (Å²) in [6, 6.07) is 0. The van der Waals surface area contributed by atoms with Gasteiger partial charge in [0.15, 0.2) is 0 Å². The molecule has 0 bridgehead atoms. The van der Waals surface area contributed by atoms with E-state index in [1.807, 2.05) is 4.90 Å². The topological polar surface area (TPSA) is 49.9 Å². The van der Waals surface area contributed by atoms with Gasteiger partial charge in [-0.2, -0.15) is 0 Å². The molecule has 0 aromatic rings. The highest BCUT2D eigenvalue weighted by atomic mass is 16.5. The Hall–Kier alpha value is -1.10. The summed E-state index contributed by atoms with van der Waals surface area (Å²) in [5.41, 5.74) is 0. The molecule has 0 atom stereocenters. The van der Waals surface area contributed by atoms with Crippen LogP contribution in [0.15, 0.2) is 0 Å². The van der Waals surface area contributed by atoms with E-state index in [1.165, 1.54) is 116 Å². The summed E-state index contributed by atoms with van der Waals surface area (Å²) in [6.45, 7) is 7.08. The van der Waals surface area contributed by atoms with Crippen LogP contribution in [0.25, 0.3) is 0 Å². The third kappa shape index (κ3) is 28.4. The predicted molar refractivity (Wildman–Crippen MR) is 173 cm³/mol. The molecule has 0 unspecified atom stereocenters. The average molecular weight is 567 g/mol. The highest BCUT2D eigenvalue weighted by Gasteiger charge is 2.14. The van der Waals surface area contributed by atoms with Crippen molar-refractivity contribution in [2.24, 2.45) is 0 Å². The molecule has 0 aliphatic carbocycles. The molecule has 238 valence electrons. The van der Waals surface area contributed by atoms with Crippen LogP contribution in [0.4, 0.5) is 0 Å². The lowest BCUT2D eigenvalue weighted by Crippen LogP contribution is -2.36. The predicted octanol–water partition coefficient (Wildman–Crippen LogP) is 9.71. The van der Waals surface area contributed by atoms with Crippen LogP contribution in [-0.2, 0) is 14.3 Å². The number of hydrogen-bond donors (Lipinski definition) is 0. The normalized spacial score (nSPS) is 11.3. The minimum atomic E-state index is -0.109. The van der Waals surface area contributed by atoms with Gasteiger partial charge in [0, 0.05) is 19.4 Å². The summed E-state index contributed by atoms with van der Waals surface area (Å²) in [4.78, 5) is 29.2. The van der Waals surface area contributed by atoms with Crippen molar-refractivity contribution in [1.82, 2.24) is 9.80 Å². The smallest absolute Gasteiger partial charge is 0.305 e. The molecule has 0 spiro atoms. The second kappa shape index (κ2) is 30.8. The summed E-state index contributed by atoms with van der Waals surface area (Å²) in [5, 5.41) is 0. The summed E-state index contributed by atoms with van der Waals surface area (Å²) in [6.07, 6.45) is 30.3. The van der Waals surface area contributed by atoms with Crippen LogP contribution in [0.2, 0.25) is 0 Å². The van der Waals surface area contributed by atoms with E-state index in [2.05, 4.69) is 32.8 Å². The van der Waals surface area contributed by atoms with Crippen LogP contribution >= 0.6 is 0 Å². The Kier molecular flexibility index (Phi) is 30.0. The molecule has 0 N–H and O–H groups in total. The number of unbranched alkanes of at least 4 members (excludes halogenated alkanes) is 20. The van der Waals surface area contributed by atoms with Crippen molar-refractivity contribution < 1.29 is 14.3 Å². The Morgan fingerprint density at radius 2 is 0.875 bits per heavy atom. The highest BCUT2D eigenvalue weighted by Crippen LogP contribution is 2.14. The average Bonchev–Trinajstić information content (AvgIpc) is 2.93. The largest absolute Gasteiger partial charge is 0.464 e. The molecule has 0 aliphatic heterocycles. The van der Waals surface area contributed by atoms with E-state index < -0.39 is 0 Å². The van der Waals surface area contributed by atoms with Crippen LogP contribution in [0.1, 0.15) is 174 Å². The molecule has 0 radical (unpaired) electrons. The van der Waals surface area contributed by atoms with Gasteiger partial charge in [0.1, 0.15) is 6.61 Å². The molecule has 0 aromatic heterocycles. The molecular weight excluding hydrogens is 496 g/mol. The maximum Gasteiger partial charge on any atom is 0.305 e. The monoisotopic (exact) mass is 567 g/mol. The molecule has 5 heteroatoms. The van der Waals surface area contributed by atoms with E-state index in [9.17, 15) is 9.59 Å². The first kappa shape index (κ1) is 38.9. The van der Waals surface area contributed by atoms with Crippen molar-refractivity contribution in [3.05, 3.63) is 0 Å². The Morgan fingerprint density at radius 1 is 0.475 bits per heavy atom. The quantitative estimate of drug-likeness (QED) is 0.0619. The minimum Gasteiger partial charge on any atom is -0.464 e. The zero-order valence-electron chi connectivity index (χ0n) is 27.6. The van der Waals surface area contributed by atoms with E-state index in [-0.39, 0.29) is 11.9 Å². The number of hydrogen-bond acceptors (Lipinski definition) is 4. The van der Waals surface area contributed by atoms with Gasteiger partial charge in [-0.1, -0.05) is 142 Å². The number of amides is 1. The lowest BCUT2D eigenvalue weighted by Gasteiger charge is -2.23. The second-order valence-corrected chi connectivity index (χ2v) is 12.3. The Morgan fingerprint density at radius 3 is 1.30 bits per heavy atom. The minimum absolute atomic E-state index is 0.109. The van der Waals surface area contributed by atoms with Crippen LogP contribution in [-0.4, -0.2) is 62.0 Å². The lowest BCUT2D eigenvalue weighted by atomic mass is 10.1. The van der Waals surface area contributed by atoms with E-state index in [0.717, 1.165) is 45.2 Å². The van der Waals surface area contributed by atoms with Gasteiger partial charge in [0.2, 0.25) is 5.91 Å². The number of carbonyl (C=O) groups is 2. The zero-order valence-corrected chi connectivity index (χ0v) is 27.6. The fourth-order valence-electron chi connectivity index (χ4n) is 5.31. The van der Waals surface area contributed by atoms with Gasteiger partial charge in [0.25, 0.3) is 0 Å². The zero-order chi connectivity index (χ0) is 29.5. The standard InChI is InChI=1S/C35H70N2O3/c1-5-7-9-11-13-15-17-19-21-23-25-28-34(38)37(31-27-30-36(3)4)32-33-40-35(39)29-26-24-22-20-18-16-14-12-10-8-6-2/h5-33H2,1-4H3. The Bertz CT molecular complexity index is 553. The number of rotatable bonds is 31. The number of esters is 1. The van der Waals surface area contributed by atoms with Crippen molar-refractivity contribution in [3.63, 3.8) is 0 Å². The summed E-state index contributed by atoms with van der Waals surface area (Å²) in [7, 11) is 4.13. The van der Waals surface area contributed by atoms with Crippen LogP contribution in [0, 0.1) is 0 Å². The summed E-state index contributed by atoms with van der Waals surface area (Å²) in [5.74, 6) is 0.109. The molecule has 0 aliphatic rings. The second-order valence-electron chi connectivity index (χ2n) is 12.3. The summed E-state index contributed by atoms with van der Waals surface area (Å²) >= 11 is 0. The van der Waals surface area contributed by atoms with Gasteiger partial charge in [-0.3, -0.25) is 9.59 Å².